The first kappa shape index (κ1) is 21.3. The van der Waals surface area contributed by atoms with Crippen LogP contribution in [0.4, 0.5) is 0 Å². The highest BCUT2D eigenvalue weighted by Gasteiger charge is 2.31. The summed E-state index contributed by atoms with van der Waals surface area (Å²) in [7, 11) is -3.81. The van der Waals surface area contributed by atoms with Gasteiger partial charge in [-0.05, 0) is 43.0 Å². The fraction of sp³-hybridized carbons (Fsp3) is 0.333. The molecule has 0 amide bonds. The Morgan fingerprint density at radius 1 is 1.31 bits per heavy atom. The molecule has 1 aliphatic rings. The summed E-state index contributed by atoms with van der Waals surface area (Å²) in [5.41, 5.74) is 1.08. The summed E-state index contributed by atoms with van der Waals surface area (Å²) < 4.78 is 32.8. The van der Waals surface area contributed by atoms with E-state index >= 15 is 0 Å². The number of carbonyl (C=O) groups excluding carboxylic acids is 1. The number of esters is 1. The average Bonchev–Trinajstić information content (AvgIpc) is 2.72. The molecule has 0 radical (unpaired) electrons. The second-order valence-corrected chi connectivity index (χ2v) is 9.41. The first-order valence-electron chi connectivity index (χ1n) is 9.27. The van der Waals surface area contributed by atoms with Gasteiger partial charge in [0.25, 0.3) is 0 Å². The number of rotatable bonds is 5. The maximum atomic E-state index is 13.0. The Kier molecular flexibility index (Phi) is 6.58. The zero-order valence-electron chi connectivity index (χ0n) is 16.0. The first-order chi connectivity index (χ1) is 13.8. The number of sulfonamides is 1. The van der Waals surface area contributed by atoms with Gasteiger partial charge in [0.1, 0.15) is 11.5 Å². The molecule has 1 saturated heterocycles. The van der Waals surface area contributed by atoms with Crippen LogP contribution in [-0.2, 0) is 21.4 Å². The van der Waals surface area contributed by atoms with E-state index in [4.69, 9.17) is 21.6 Å². The van der Waals surface area contributed by atoms with Crippen molar-refractivity contribution >= 4 is 27.6 Å². The third-order valence-electron chi connectivity index (χ3n) is 4.90. The maximum absolute atomic E-state index is 13.0. The molecule has 0 N–H and O–H groups in total. The highest BCUT2D eigenvalue weighted by Crippen LogP contribution is 2.29. The molecule has 1 heterocycles. The van der Waals surface area contributed by atoms with Gasteiger partial charge in [0.2, 0.25) is 10.0 Å². The van der Waals surface area contributed by atoms with Gasteiger partial charge in [-0.1, -0.05) is 36.7 Å². The molecular weight excluding hydrogens is 412 g/mol. The van der Waals surface area contributed by atoms with Crippen LogP contribution in [0.5, 0.6) is 0 Å². The van der Waals surface area contributed by atoms with Gasteiger partial charge in [0.05, 0.1) is 22.2 Å². The van der Waals surface area contributed by atoms with Crippen molar-refractivity contribution in [2.24, 2.45) is 5.92 Å². The Balaban J connectivity index is 1.81. The number of piperidine rings is 1. The molecule has 152 valence electrons. The van der Waals surface area contributed by atoms with Crippen molar-refractivity contribution in [3.05, 3.63) is 64.2 Å². The maximum Gasteiger partial charge on any atom is 0.338 e. The highest BCUT2D eigenvalue weighted by atomic mass is 35.5. The van der Waals surface area contributed by atoms with Crippen molar-refractivity contribution in [2.45, 2.75) is 31.3 Å². The summed E-state index contributed by atoms with van der Waals surface area (Å²) in [6.07, 6.45) is 1.77. The van der Waals surface area contributed by atoms with Gasteiger partial charge in [-0.25, -0.2) is 13.2 Å². The summed E-state index contributed by atoms with van der Waals surface area (Å²) in [5, 5.41) is 9.19. The minimum absolute atomic E-state index is 0.0644. The number of halogens is 1. The van der Waals surface area contributed by atoms with E-state index < -0.39 is 16.0 Å². The van der Waals surface area contributed by atoms with Gasteiger partial charge in [-0.2, -0.15) is 9.57 Å². The second-order valence-electron chi connectivity index (χ2n) is 7.10. The molecule has 1 aliphatic heterocycles. The van der Waals surface area contributed by atoms with E-state index in [2.05, 4.69) is 0 Å². The van der Waals surface area contributed by atoms with E-state index in [-0.39, 0.29) is 28.0 Å². The van der Waals surface area contributed by atoms with Crippen LogP contribution in [0.1, 0.15) is 41.3 Å². The zero-order valence-corrected chi connectivity index (χ0v) is 17.5. The van der Waals surface area contributed by atoms with Crippen LogP contribution in [0, 0.1) is 17.2 Å². The van der Waals surface area contributed by atoms with Gasteiger partial charge in [-0.3, -0.25) is 0 Å². The van der Waals surface area contributed by atoms with Gasteiger partial charge in [0, 0.05) is 18.7 Å². The third-order valence-corrected chi connectivity index (χ3v) is 7.25. The van der Waals surface area contributed by atoms with Gasteiger partial charge < -0.3 is 4.74 Å². The number of hydrogen-bond acceptors (Lipinski definition) is 5. The van der Waals surface area contributed by atoms with Crippen molar-refractivity contribution < 1.29 is 17.9 Å². The van der Waals surface area contributed by atoms with Crippen molar-refractivity contribution in [3.63, 3.8) is 0 Å². The molecule has 1 unspecified atom stereocenters. The van der Waals surface area contributed by atoms with E-state index in [1.807, 2.05) is 13.0 Å². The number of hydrogen-bond donors (Lipinski definition) is 0. The molecule has 8 heteroatoms. The Bertz CT molecular complexity index is 1060. The molecule has 1 atom stereocenters. The summed E-state index contributed by atoms with van der Waals surface area (Å²) in [6.45, 7) is 2.79. The first-order valence-corrected chi connectivity index (χ1v) is 11.1. The lowest BCUT2D eigenvalue weighted by Gasteiger charge is -2.30. The van der Waals surface area contributed by atoms with Crippen LogP contribution in [0.15, 0.2) is 47.4 Å². The number of nitriles is 1. The molecule has 29 heavy (non-hydrogen) atoms. The highest BCUT2D eigenvalue weighted by molar-refractivity contribution is 7.89. The molecule has 0 spiro atoms. The van der Waals surface area contributed by atoms with Gasteiger partial charge in [-0.15, -0.1) is 0 Å². The van der Waals surface area contributed by atoms with Crippen LogP contribution >= 0.6 is 11.6 Å². The van der Waals surface area contributed by atoms with E-state index in [0.29, 0.717) is 24.2 Å². The predicted octanol–water partition coefficient (Wildman–Crippen LogP) is 3.99. The van der Waals surface area contributed by atoms with Crippen LogP contribution in [0.3, 0.4) is 0 Å². The fourth-order valence-corrected chi connectivity index (χ4v) is 5.41. The summed E-state index contributed by atoms with van der Waals surface area (Å²) >= 11 is 6.16. The summed E-state index contributed by atoms with van der Waals surface area (Å²) in [6, 6.07) is 12.9. The molecule has 0 bridgehead atoms. The Hall–Kier alpha value is -2.40. The SMILES string of the molecule is CC1CCCN(S(=O)(=O)c2cc(C(=O)OCc3ccccc3C#N)ccc2Cl)C1. The van der Waals surface area contributed by atoms with E-state index in [0.717, 1.165) is 12.8 Å². The van der Waals surface area contributed by atoms with Crippen molar-refractivity contribution in [1.82, 2.24) is 4.31 Å². The van der Waals surface area contributed by atoms with Crippen LogP contribution in [0.25, 0.3) is 0 Å². The molecule has 3 rings (SSSR count). The smallest absolute Gasteiger partial charge is 0.338 e. The standard InChI is InChI=1S/C21H21ClN2O4S/c1-15-5-4-10-24(13-15)29(26,27)20-11-16(8-9-19(20)22)21(25)28-14-18-7-3-2-6-17(18)12-23/h2-3,6-9,11,15H,4-5,10,13-14H2,1H3. The van der Waals surface area contributed by atoms with Gasteiger partial charge in [0.15, 0.2) is 0 Å². The normalized spacial score (nSPS) is 17.5. The largest absolute Gasteiger partial charge is 0.457 e. The van der Waals surface area contributed by atoms with Crippen LogP contribution in [-0.4, -0.2) is 31.8 Å². The van der Waals surface area contributed by atoms with E-state index in [1.54, 1.807) is 24.3 Å². The minimum Gasteiger partial charge on any atom is -0.457 e. The molecule has 1 fully saturated rings. The number of ether oxygens (including phenoxy) is 1. The molecule has 6 nitrogen and oxygen atoms in total. The average molecular weight is 433 g/mol. The number of carbonyl (C=O) groups is 1. The quantitative estimate of drug-likeness (QED) is 0.666. The second kappa shape index (κ2) is 8.95. The lowest BCUT2D eigenvalue weighted by atomic mass is 10.0. The number of nitrogens with zero attached hydrogens (tertiary/aromatic N) is 2. The van der Waals surface area contributed by atoms with E-state index in [9.17, 15) is 13.2 Å². The number of benzene rings is 2. The summed E-state index contributed by atoms with van der Waals surface area (Å²) in [4.78, 5) is 12.4. The van der Waals surface area contributed by atoms with Crippen molar-refractivity contribution in [3.8, 4) is 6.07 Å². The van der Waals surface area contributed by atoms with Crippen LogP contribution < -0.4 is 0 Å². The molecule has 2 aromatic carbocycles. The van der Waals surface area contributed by atoms with E-state index in [1.165, 1.54) is 22.5 Å². The third kappa shape index (κ3) is 4.78. The van der Waals surface area contributed by atoms with Crippen molar-refractivity contribution in [2.75, 3.05) is 13.1 Å². The Labute approximate surface area is 175 Å². The van der Waals surface area contributed by atoms with Crippen molar-refractivity contribution in [1.29, 1.82) is 5.26 Å². The predicted molar refractivity (Wildman–Crippen MR) is 109 cm³/mol. The fourth-order valence-electron chi connectivity index (χ4n) is 3.31. The van der Waals surface area contributed by atoms with Gasteiger partial charge >= 0.3 is 5.97 Å². The molecule has 2 aromatic rings. The monoisotopic (exact) mass is 432 g/mol. The molecule has 0 aliphatic carbocycles. The molecule has 0 saturated carbocycles. The zero-order chi connectivity index (χ0) is 21.0. The topological polar surface area (TPSA) is 87.5 Å². The lowest BCUT2D eigenvalue weighted by Crippen LogP contribution is -2.39. The Morgan fingerprint density at radius 3 is 2.79 bits per heavy atom. The summed E-state index contributed by atoms with van der Waals surface area (Å²) in [5.74, 6) is -0.413. The molecular formula is C21H21ClN2O4S. The molecule has 0 aromatic heterocycles. The van der Waals surface area contributed by atoms with Crippen LogP contribution in [0.2, 0.25) is 5.02 Å². The Morgan fingerprint density at radius 2 is 2.07 bits per heavy atom. The lowest BCUT2D eigenvalue weighted by molar-refractivity contribution is 0.0472. The minimum atomic E-state index is -3.81.